The van der Waals surface area contributed by atoms with Crippen LogP contribution in [-0.2, 0) is 16.1 Å². The van der Waals surface area contributed by atoms with Crippen LogP contribution < -0.4 is 16.0 Å². The first-order valence-electron chi connectivity index (χ1n) is 7.72. The average Bonchev–Trinajstić information content (AvgIpc) is 2.65. The van der Waals surface area contributed by atoms with Gasteiger partial charge in [-0.15, -0.1) is 0 Å². The summed E-state index contributed by atoms with van der Waals surface area (Å²) in [7, 11) is 1.27. The highest BCUT2D eigenvalue weighted by Gasteiger charge is 2.09. The number of ether oxygens (including phenoxy) is 1. The molecule has 0 saturated heterocycles. The number of esters is 1. The second kappa shape index (κ2) is 9.16. The molecule has 0 aliphatic carbocycles. The molecule has 3 amide bonds. The molecule has 0 heterocycles. The Morgan fingerprint density at radius 3 is 2.46 bits per heavy atom. The predicted molar refractivity (Wildman–Crippen MR) is 93.0 cm³/mol. The molecule has 0 fully saturated rings. The molecule has 8 heteroatoms. The molecular formula is C18H18FN3O4. The number of halogens is 1. The van der Waals surface area contributed by atoms with E-state index in [2.05, 4.69) is 20.7 Å². The predicted octanol–water partition coefficient (Wildman–Crippen LogP) is 2.05. The molecule has 26 heavy (non-hydrogen) atoms. The van der Waals surface area contributed by atoms with Crippen molar-refractivity contribution >= 4 is 23.6 Å². The summed E-state index contributed by atoms with van der Waals surface area (Å²) in [6, 6.07) is 11.4. The van der Waals surface area contributed by atoms with Gasteiger partial charge in [-0.05, 0) is 35.9 Å². The summed E-state index contributed by atoms with van der Waals surface area (Å²) < 4.78 is 17.4. The van der Waals surface area contributed by atoms with Crippen LogP contribution in [0, 0.1) is 5.82 Å². The molecular weight excluding hydrogens is 341 g/mol. The van der Waals surface area contributed by atoms with Crippen LogP contribution in [0.1, 0.15) is 15.9 Å². The Labute approximate surface area is 149 Å². The average molecular weight is 359 g/mol. The normalized spacial score (nSPS) is 9.92. The first-order valence-corrected chi connectivity index (χ1v) is 7.72. The molecule has 0 aliphatic heterocycles. The number of amides is 3. The van der Waals surface area contributed by atoms with E-state index in [0.717, 1.165) is 5.56 Å². The Kier molecular flexibility index (Phi) is 6.67. The summed E-state index contributed by atoms with van der Waals surface area (Å²) in [4.78, 5) is 35.0. The van der Waals surface area contributed by atoms with Crippen molar-refractivity contribution in [3.05, 3.63) is 65.5 Å². The number of hydrogen-bond donors (Lipinski definition) is 3. The Bertz CT molecular complexity index is 793. The molecule has 2 aromatic rings. The molecule has 136 valence electrons. The topological polar surface area (TPSA) is 96.5 Å². The minimum absolute atomic E-state index is 0.203. The number of carbonyl (C=O) groups excluding carboxylic acids is 3. The highest BCUT2D eigenvalue weighted by Crippen LogP contribution is 2.11. The maximum Gasteiger partial charge on any atom is 0.337 e. The number of anilines is 1. The minimum Gasteiger partial charge on any atom is -0.465 e. The van der Waals surface area contributed by atoms with Gasteiger partial charge in [-0.1, -0.05) is 18.2 Å². The highest BCUT2D eigenvalue weighted by atomic mass is 19.1. The van der Waals surface area contributed by atoms with Crippen LogP contribution in [0.25, 0.3) is 0 Å². The van der Waals surface area contributed by atoms with Gasteiger partial charge in [0.05, 0.1) is 19.2 Å². The summed E-state index contributed by atoms with van der Waals surface area (Å²) in [5, 5.41) is 7.53. The fourth-order valence-corrected chi connectivity index (χ4v) is 2.05. The van der Waals surface area contributed by atoms with E-state index in [1.165, 1.54) is 25.3 Å². The maximum absolute atomic E-state index is 12.8. The van der Waals surface area contributed by atoms with E-state index in [9.17, 15) is 18.8 Å². The molecule has 2 aromatic carbocycles. The zero-order chi connectivity index (χ0) is 18.9. The van der Waals surface area contributed by atoms with Crippen LogP contribution in [0.3, 0.4) is 0 Å². The molecule has 0 aliphatic rings. The number of methoxy groups -OCH3 is 1. The van der Waals surface area contributed by atoms with Gasteiger partial charge in [0.25, 0.3) is 0 Å². The standard InChI is InChI=1S/C18H18FN3O4/c1-26-17(24)13-3-2-4-15(9-13)22-16(23)11-21-18(25)20-10-12-5-7-14(19)8-6-12/h2-9H,10-11H2,1H3,(H,22,23)(H2,20,21,25). The zero-order valence-corrected chi connectivity index (χ0v) is 14.0. The van der Waals surface area contributed by atoms with Gasteiger partial charge in [-0.25, -0.2) is 14.0 Å². The Balaban J connectivity index is 1.76. The lowest BCUT2D eigenvalue weighted by Crippen LogP contribution is -2.39. The van der Waals surface area contributed by atoms with Crippen molar-refractivity contribution in [1.82, 2.24) is 10.6 Å². The first kappa shape index (κ1) is 18.9. The molecule has 0 bridgehead atoms. The van der Waals surface area contributed by atoms with E-state index in [4.69, 9.17) is 0 Å². The van der Waals surface area contributed by atoms with Gasteiger partial charge in [0, 0.05) is 12.2 Å². The van der Waals surface area contributed by atoms with Crippen molar-refractivity contribution in [1.29, 1.82) is 0 Å². The molecule has 0 unspecified atom stereocenters. The Hall–Kier alpha value is -3.42. The fraction of sp³-hybridized carbons (Fsp3) is 0.167. The number of hydrogen-bond acceptors (Lipinski definition) is 4. The molecule has 3 N–H and O–H groups in total. The summed E-state index contributed by atoms with van der Waals surface area (Å²) >= 11 is 0. The number of rotatable bonds is 6. The van der Waals surface area contributed by atoms with Crippen molar-refractivity contribution in [3.8, 4) is 0 Å². The molecule has 7 nitrogen and oxygen atoms in total. The van der Waals surface area contributed by atoms with Crippen LogP contribution in [-0.4, -0.2) is 31.6 Å². The van der Waals surface area contributed by atoms with Gasteiger partial charge in [0.15, 0.2) is 0 Å². The Morgan fingerprint density at radius 1 is 1.04 bits per heavy atom. The van der Waals surface area contributed by atoms with E-state index in [0.29, 0.717) is 11.3 Å². The Morgan fingerprint density at radius 2 is 1.77 bits per heavy atom. The SMILES string of the molecule is COC(=O)c1cccc(NC(=O)CNC(=O)NCc2ccc(F)cc2)c1. The van der Waals surface area contributed by atoms with Crippen LogP contribution in [0.15, 0.2) is 48.5 Å². The van der Waals surface area contributed by atoms with Crippen molar-refractivity contribution in [2.75, 3.05) is 19.0 Å². The van der Waals surface area contributed by atoms with Gasteiger partial charge in [0.2, 0.25) is 5.91 Å². The van der Waals surface area contributed by atoms with Crippen molar-refractivity contribution < 1.29 is 23.5 Å². The van der Waals surface area contributed by atoms with Crippen LogP contribution in [0.4, 0.5) is 14.9 Å². The van der Waals surface area contributed by atoms with E-state index < -0.39 is 17.9 Å². The molecule has 0 saturated carbocycles. The second-order valence-corrected chi connectivity index (χ2v) is 5.28. The van der Waals surface area contributed by atoms with Gasteiger partial charge in [0.1, 0.15) is 5.82 Å². The van der Waals surface area contributed by atoms with Gasteiger partial charge < -0.3 is 20.7 Å². The van der Waals surface area contributed by atoms with Gasteiger partial charge in [-0.2, -0.15) is 0 Å². The molecule has 0 atom stereocenters. The summed E-state index contributed by atoms with van der Waals surface area (Å²) in [5.41, 5.74) is 1.44. The lowest BCUT2D eigenvalue weighted by molar-refractivity contribution is -0.115. The van der Waals surface area contributed by atoms with E-state index in [1.54, 1.807) is 30.3 Å². The number of carbonyl (C=O) groups is 3. The summed E-state index contributed by atoms with van der Waals surface area (Å²) in [5.74, 6) is -1.32. The first-order chi connectivity index (χ1) is 12.5. The van der Waals surface area contributed by atoms with Crippen molar-refractivity contribution in [3.63, 3.8) is 0 Å². The van der Waals surface area contributed by atoms with Crippen LogP contribution >= 0.6 is 0 Å². The molecule has 0 spiro atoms. The third-order valence-electron chi connectivity index (χ3n) is 3.34. The quantitative estimate of drug-likeness (QED) is 0.688. The largest absolute Gasteiger partial charge is 0.465 e. The van der Waals surface area contributed by atoms with Crippen LogP contribution in [0.2, 0.25) is 0 Å². The fourth-order valence-electron chi connectivity index (χ4n) is 2.05. The van der Waals surface area contributed by atoms with E-state index in [1.807, 2.05) is 0 Å². The second-order valence-electron chi connectivity index (χ2n) is 5.28. The third-order valence-corrected chi connectivity index (χ3v) is 3.34. The lowest BCUT2D eigenvalue weighted by Gasteiger charge is -2.09. The molecule has 0 aromatic heterocycles. The zero-order valence-electron chi connectivity index (χ0n) is 14.0. The lowest BCUT2D eigenvalue weighted by atomic mass is 10.2. The van der Waals surface area contributed by atoms with E-state index in [-0.39, 0.29) is 18.9 Å². The molecule has 0 radical (unpaired) electrons. The number of urea groups is 1. The summed E-state index contributed by atoms with van der Waals surface area (Å²) in [6.45, 7) is -0.0490. The van der Waals surface area contributed by atoms with Gasteiger partial charge in [-0.3, -0.25) is 4.79 Å². The molecule has 2 rings (SSSR count). The van der Waals surface area contributed by atoms with E-state index >= 15 is 0 Å². The summed E-state index contributed by atoms with van der Waals surface area (Å²) in [6.07, 6.45) is 0. The maximum atomic E-state index is 12.8. The van der Waals surface area contributed by atoms with Gasteiger partial charge >= 0.3 is 12.0 Å². The number of benzene rings is 2. The van der Waals surface area contributed by atoms with Crippen molar-refractivity contribution in [2.45, 2.75) is 6.54 Å². The van der Waals surface area contributed by atoms with Crippen LogP contribution in [0.5, 0.6) is 0 Å². The smallest absolute Gasteiger partial charge is 0.337 e. The van der Waals surface area contributed by atoms with Crippen molar-refractivity contribution in [2.24, 2.45) is 0 Å². The minimum atomic E-state index is -0.534. The highest BCUT2D eigenvalue weighted by molar-refractivity contribution is 5.96. The number of nitrogens with one attached hydrogen (secondary N) is 3. The third kappa shape index (κ3) is 5.90. The monoisotopic (exact) mass is 359 g/mol.